The number of phenols is 2. The summed E-state index contributed by atoms with van der Waals surface area (Å²) in [7, 11) is 0. The minimum atomic E-state index is -0.332. The highest BCUT2D eigenvalue weighted by molar-refractivity contribution is 5.64. The molecule has 2 N–H and O–H groups in total. The van der Waals surface area contributed by atoms with E-state index in [0.29, 0.717) is 17.8 Å². The molecule has 106 valence electrons. The van der Waals surface area contributed by atoms with Gasteiger partial charge in [-0.05, 0) is 35.9 Å². The third kappa shape index (κ3) is 2.84. The monoisotopic (exact) mass is 286 g/mol. The maximum atomic E-state index is 13.1. The third-order valence-electron chi connectivity index (χ3n) is 2.93. The molecule has 0 aliphatic heterocycles. The summed E-state index contributed by atoms with van der Waals surface area (Å²) >= 11 is 0. The molecule has 6 heteroatoms. The van der Waals surface area contributed by atoms with Crippen LogP contribution in [0.4, 0.5) is 4.39 Å². The summed E-state index contributed by atoms with van der Waals surface area (Å²) < 4.78 is 18.2. The second kappa shape index (κ2) is 5.24. The van der Waals surface area contributed by atoms with Crippen LogP contribution in [0.1, 0.15) is 11.4 Å². The van der Waals surface area contributed by atoms with Gasteiger partial charge in [-0.25, -0.2) is 4.39 Å². The fraction of sp³-hybridized carbons (Fsp3) is 0.0667. The largest absolute Gasteiger partial charge is 0.508 e. The molecule has 0 amide bonds. The van der Waals surface area contributed by atoms with Gasteiger partial charge in [0.25, 0.3) is 5.89 Å². The molecule has 3 rings (SSSR count). The Balaban J connectivity index is 1.88. The average Bonchev–Trinajstić information content (AvgIpc) is 2.90. The molecule has 0 fully saturated rings. The van der Waals surface area contributed by atoms with Gasteiger partial charge in [0.2, 0.25) is 0 Å². The van der Waals surface area contributed by atoms with Gasteiger partial charge in [0, 0.05) is 6.42 Å². The van der Waals surface area contributed by atoms with E-state index in [1.165, 1.54) is 30.3 Å². The number of hydrogen-bond donors (Lipinski definition) is 2. The SMILES string of the molecule is Oc1ccc(O)c(-c2nc(Cc3cccc(F)c3)no2)c1. The van der Waals surface area contributed by atoms with Crippen LogP contribution in [0.3, 0.4) is 0 Å². The minimum absolute atomic E-state index is 0.0207. The molecule has 5 nitrogen and oxygen atoms in total. The van der Waals surface area contributed by atoms with Crippen molar-refractivity contribution in [1.29, 1.82) is 0 Å². The molecule has 3 aromatic rings. The first-order chi connectivity index (χ1) is 10.1. The van der Waals surface area contributed by atoms with Crippen LogP contribution in [-0.2, 0) is 6.42 Å². The number of nitrogens with zero attached hydrogens (tertiary/aromatic N) is 2. The van der Waals surface area contributed by atoms with Crippen molar-refractivity contribution in [3.63, 3.8) is 0 Å². The van der Waals surface area contributed by atoms with Gasteiger partial charge in [-0.1, -0.05) is 17.3 Å². The zero-order valence-corrected chi connectivity index (χ0v) is 10.8. The van der Waals surface area contributed by atoms with Crippen molar-refractivity contribution in [2.24, 2.45) is 0 Å². The molecule has 0 aliphatic carbocycles. The first kappa shape index (κ1) is 13.1. The van der Waals surface area contributed by atoms with Crippen molar-refractivity contribution in [3.8, 4) is 23.0 Å². The molecule has 0 radical (unpaired) electrons. The zero-order valence-electron chi connectivity index (χ0n) is 10.8. The fourth-order valence-electron chi connectivity index (χ4n) is 1.96. The standard InChI is InChI=1S/C15H11FN2O3/c16-10-3-1-2-9(6-10)7-14-17-15(21-18-14)12-8-11(19)4-5-13(12)20/h1-6,8,19-20H,7H2. The molecular weight excluding hydrogens is 275 g/mol. The molecule has 2 aromatic carbocycles. The van der Waals surface area contributed by atoms with Crippen molar-refractivity contribution in [2.75, 3.05) is 0 Å². The Morgan fingerprint density at radius 2 is 1.95 bits per heavy atom. The van der Waals surface area contributed by atoms with Crippen LogP contribution in [0.15, 0.2) is 47.0 Å². The van der Waals surface area contributed by atoms with E-state index in [1.807, 2.05) is 0 Å². The summed E-state index contributed by atoms with van der Waals surface area (Å²) in [5, 5.41) is 23.0. The van der Waals surface area contributed by atoms with E-state index in [2.05, 4.69) is 10.1 Å². The van der Waals surface area contributed by atoms with Crippen molar-refractivity contribution >= 4 is 0 Å². The third-order valence-corrected chi connectivity index (χ3v) is 2.93. The second-order valence-corrected chi connectivity index (χ2v) is 4.52. The fourth-order valence-corrected chi connectivity index (χ4v) is 1.96. The van der Waals surface area contributed by atoms with Crippen LogP contribution in [0.2, 0.25) is 0 Å². The molecule has 21 heavy (non-hydrogen) atoms. The van der Waals surface area contributed by atoms with E-state index in [4.69, 9.17) is 4.52 Å². The van der Waals surface area contributed by atoms with Crippen LogP contribution < -0.4 is 0 Å². The van der Waals surface area contributed by atoms with E-state index < -0.39 is 0 Å². The second-order valence-electron chi connectivity index (χ2n) is 4.52. The molecule has 1 heterocycles. The van der Waals surface area contributed by atoms with Gasteiger partial charge in [0.1, 0.15) is 17.3 Å². The van der Waals surface area contributed by atoms with Crippen LogP contribution in [0.5, 0.6) is 11.5 Å². The van der Waals surface area contributed by atoms with Gasteiger partial charge in [0.05, 0.1) is 5.56 Å². The predicted molar refractivity (Wildman–Crippen MR) is 72.3 cm³/mol. The molecule has 0 saturated carbocycles. The highest BCUT2D eigenvalue weighted by Gasteiger charge is 2.14. The number of aromatic nitrogens is 2. The van der Waals surface area contributed by atoms with Gasteiger partial charge in [-0.2, -0.15) is 4.98 Å². The normalized spacial score (nSPS) is 10.7. The summed E-state index contributed by atoms with van der Waals surface area (Å²) in [5.74, 6) is 0.0245. The molecular formula is C15H11FN2O3. The van der Waals surface area contributed by atoms with E-state index in [1.54, 1.807) is 12.1 Å². The average molecular weight is 286 g/mol. The van der Waals surface area contributed by atoms with E-state index >= 15 is 0 Å². The maximum Gasteiger partial charge on any atom is 0.261 e. The van der Waals surface area contributed by atoms with E-state index in [-0.39, 0.29) is 28.8 Å². The number of halogens is 1. The van der Waals surface area contributed by atoms with Crippen LogP contribution in [-0.4, -0.2) is 20.4 Å². The number of rotatable bonds is 3. The Hall–Kier alpha value is -2.89. The lowest BCUT2D eigenvalue weighted by Gasteiger charge is -1.99. The molecule has 1 aromatic heterocycles. The van der Waals surface area contributed by atoms with Gasteiger partial charge < -0.3 is 14.7 Å². The highest BCUT2D eigenvalue weighted by Crippen LogP contribution is 2.31. The summed E-state index contributed by atoms with van der Waals surface area (Å²) in [6.45, 7) is 0. The number of aromatic hydroxyl groups is 2. The molecule has 0 spiro atoms. The maximum absolute atomic E-state index is 13.1. The van der Waals surface area contributed by atoms with Crippen LogP contribution in [0.25, 0.3) is 11.5 Å². The molecule has 0 saturated heterocycles. The number of hydrogen-bond acceptors (Lipinski definition) is 5. The highest BCUT2D eigenvalue weighted by atomic mass is 19.1. The summed E-state index contributed by atoms with van der Waals surface area (Å²) in [6.07, 6.45) is 0.306. The smallest absolute Gasteiger partial charge is 0.261 e. The summed E-state index contributed by atoms with van der Waals surface area (Å²) in [6, 6.07) is 10.1. The van der Waals surface area contributed by atoms with Gasteiger partial charge >= 0.3 is 0 Å². The lowest BCUT2D eigenvalue weighted by molar-refractivity contribution is 0.417. The zero-order chi connectivity index (χ0) is 14.8. The Kier molecular flexibility index (Phi) is 3.27. The van der Waals surface area contributed by atoms with Crippen molar-refractivity contribution < 1.29 is 19.1 Å². The lowest BCUT2D eigenvalue weighted by atomic mass is 10.1. The lowest BCUT2D eigenvalue weighted by Crippen LogP contribution is -1.91. The molecule has 0 aliphatic rings. The van der Waals surface area contributed by atoms with Gasteiger partial charge in [0.15, 0.2) is 5.82 Å². The molecule has 0 bridgehead atoms. The van der Waals surface area contributed by atoms with Gasteiger partial charge in [-0.3, -0.25) is 0 Å². The van der Waals surface area contributed by atoms with Crippen molar-refractivity contribution in [2.45, 2.75) is 6.42 Å². The quantitative estimate of drug-likeness (QED) is 0.724. The Labute approximate surface area is 119 Å². The van der Waals surface area contributed by atoms with Gasteiger partial charge in [-0.15, -0.1) is 0 Å². The Bertz CT molecular complexity index is 786. The van der Waals surface area contributed by atoms with Crippen molar-refractivity contribution in [3.05, 3.63) is 59.7 Å². The Morgan fingerprint density at radius 3 is 2.76 bits per heavy atom. The van der Waals surface area contributed by atoms with Crippen LogP contribution >= 0.6 is 0 Å². The Morgan fingerprint density at radius 1 is 1.10 bits per heavy atom. The summed E-state index contributed by atoms with van der Waals surface area (Å²) in [4.78, 5) is 4.14. The van der Waals surface area contributed by atoms with E-state index in [0.717, 1.165) is 0 Å². The number of benzene rings is 2. The predicted octanol–water partition coefficient (Wildman–Crippen LogP) is 2.88. The topological polar surface area (TPSA) is 79.4 Å². The number of phenolic OH excluding ortho intramolecular Hbond substituents is 2. The minimum Gasteiger partial charge on any atom is -0.508 e. The van der Waals surface area contributed by atoms with Crippen molar-refractivity contribution in [1.82, 2.24) is 10.1 Å². The first-order valence-electron chi connectivity index (χ1n) is 6.21. The molecule has 0 atom stereocenters. The summed E-state index contributed by atoms with van der Waals surface area (Å²) in [5.41, 5.74) is 0.954. The van der Waals surface area contributed by atoms with E-state index in [9.17, 15) is 14.6 Å². The van der Waals surface area contributed by atoms with Crippen LogP contribution in [0, 0.1) is 5.82 Å². The first-order valence-corrected chi connectivity index (χ1v) is 6.21. The molecule has 0 unspecified atom stereocenters.